The first-order valence-corrected chi connectivity index (χ1v) is 8.00. The zero-order chi connectivity index (χ0) is 15.1. The van der Waals surface area contributed by atoms with Gasteiger partial charge in [0.1, 0.15) is 11.8 Å². The molecule has 0 heterocycles. The van der Waals surface area contributed by atoms with E-state index < -0.39 is 0 Å². The molecule has 0 bridgehead atoms. The van der Waals surface area contributed by atoms with E-state index in [0.717, 1.165) is 24.9 Å². The Kier molecular flexibility index (Phi) is 6.07. The predicted molar refractivity (Wildman–Crippen MR) is 85.2 cm³/mol. The molecular weight excluding hydrogens is 260 g/mol. The molecule has 2 rings (SSSR count). The maximum atomic E-state index is 8.97. The maximum Gasteiger partial charge on any atom is 0.136 e. The van der Waals surface area contributed by atoms with Gasteiger partial charge >= 0.3 is 0 Å². The van der Waals surface area contributed by atoms with Crippen molar-refractivity contribution in [2.24, 2.45) is 11.8 Å². The van der Waals surface area contributed by atoms with Gasteiger partial charge in [-0.05, 0) is 42.5 Å². The largest absolute Gasteiger partial charge is 0.495 e. The zero-order valence-electron chi connectivity index (χ0n) is 13.2. The summed E-state index contributed by atoms with van der Waals surface area (Å²) in [5.74, 6) is 2.50. The van der Waals surface area contributed by atoms with E-state index in [-0.39, 0.29) is 0 Å². The van der Waals surface area contributed by atoms with Crippen LogP contribution in [0, 0.1) is 23.2 Å². The van der Waals surface area contributed by atoms with E-state index in [0.29, 0.717) is 11.3 Å². The van der Waals surface area contributed by atoms with Crippen LogP contribution < -0.4 is 10.1 Å². The minimum atomic E-state index is 0.595. The number of hydrogen-bond acceptors (Lipinski definition) is 3. The molecule has 0 radical (unpaired) electrons. The van der Waals surface area contributed by atoms with E-state index in [1.54, 1.807) is 7.11 Å². The molecule has 1 aromatic carbocycles. The molecule has 1 aliphatic rings. The van der Waals surface area contributed by atoms with Gasteiger partial charge < -0.3 is 10.1 Å². The molecule has 3 heteroatoms. The Bertz CT molecular complexity index is 484. The molecule has 0 atom stereocenters. The van der Waals surface area contributed by atoms with Gasteiger partial charge in [-0.2, -0.15) is 5.26 Å². The quantitative estimate of drug-likeness (QED) is 0.807. The van der Waals surface area contributed by atoms with Crippen molar-refractivity contribution in [2.75, 3.05) is 13.7 Å². The molecule has 114 valence electrons. The number of nitrogens with one attached hydrogen (secondary N) is 1. The fourth-order valence-corrected chi connectivity index (χ4v) is 3.09. The van der Waals surface area contributed by atoms with Crippen molar-refractivity contribution in [3.05, 3.63) is 29.3 Å². The summed E-state index contributed by atoms with van der Waals surface area (Å²) in [6.45, 7) is 4.28. The van der Waals surface area contributed by atoms with Gasteiger partial charge in [-0.1, -0.05) is 38.7 Å². The summed E-state index contributed by atoms with van der Waals surface area (Å²) in [6, 6.07) is 7.92. The van der Waals surface area contributed by atoms with Crippen LogP contribution in [0.1, 0.15) is 50.2 Å². The maximum absolute atomic E-state index is 8.97. The van der Waals surface area contributed by atoms with Crippen LogP contribution in [-0.4, -0.2) is 13.7 Å². The Morgan fingerprint density at radius 3 is 2.71 bits per heavy atom. The Balaban J connectivity index is 1.72. The molecule has 1 fully saturated rings. The van der Waals surface area contributed by atoms with Crippen molar-refractivity contribution in [3.8, 4) is 11.8 Å². The molecule has 0 saturated heterocycles. The van der Waals surface area contributed by atoms with Crippen LogP contribution in [0.5, 0.6) is 5.75 Å². The highest BCUT2D eigenvalue weighted by Gasteiger charge is 2.17. The number of benzene rings is 1. The molecule has 1 aromatic rings. The van der Waals surface area contributed by atoms with E-state index in [1.807, 2.05) is 18.2 Å². The Hall–Kier alpha value is -1.53. The summed E-state index contributed by atoms with van der Waals surface area (Å²) in [6.07, 6.45) is 6.87. The molecule has 0 unspecified atom stereocenters. The van der Waals surface area contributed by atoms with Gasteiger partial charge in [-0.15, -0.1) is 0 Å². The average Bonchev–Trinajstić information content (AvgIpc) is 2.53. The zero-order valence-corrected chi connectivity index (χ0v) is 13.2. The molecule has 0 aromatic heterocycles. The van der Waals surface area contributed by atoms with Crippen molar-refractivity contribution in [2.45, 2.75) is 45.6 Å². The average molecular weight is 286 g/mol. The van der Waals surface area contributed by atoms with Crippen LogP contribution in [0.25, 0.3) is 0 Å². The minimum Gasteiger partial charge on any atom is -0.495 e. The number of ether oxygens (including phenoxy) is 1. The lowest BCUT2D eigenvalue weighted by Crippen LogP contribution is -2.20. The third kappa shape index (κ3) is 4.75. The summed E-state index contributed by atoms with van der Waals surface area (Å²) in [5.41, 5.74) is 1.76. The number of rotatable bonds is 6. The van der Waals surface area contributed by atoms with Gasteiger partial charge in [-0.25, -0.2) is 0 Å². The van der Waals surface area contributed by atoms with E-state index in [1.165, 1.54) is 37.7 Å². The normalized spacial score (nSPS) is 21.8. The SMILES string of the molecule is COc1cc(CNCCC2CCC(C)CC2)ccc1C#N. The third-order valence-corrected chi connectivity index (χ3v) is 4.58. The van der Waals surface area contributed by atoms with E-state index in [4.69, 9.17) is 10.00 Å². The summed E-state index contributed by atoms with van der Waals surface area (Å²) in [5, 5.41) is 12.5. The highest BCUT2D eigenvalue weighted by Crippen LogP contribution is 2.30. The molecule has 3 nitrogen and oxygen atoms in total. The van der Waals surface area contributed by atoms with Crippen molar-refractivity contribution in [1.29, 1.82) is 5.26 Å². The van der Waals surface area contributed by atoms with Crippen LogP contribution in [0.4, 0.5) is 0 Å². The number of nitrogens with zero attached hydrogens (tertiary/aromatic N) is 1. The second-order valence-corrected chi connectivity index (χ2v) is 6.24. The fraction of sp³-hybridized carbons (Fsp3) is 0.611. The van der Waals surface area contributed by atoms with Gasteiger partial charge in [0.2, 0.25) is 0 Å². The number of nitriles is 1. The van der Waals surface area contributed by atoms with Crippen LogP contribution in [-0.2, 0) is 6.54 Å². The summed E-state index contributed by atoms with van der Waals surface area (Å²) >= 11 is 0. The third-order valence-electron chi connectivity index (χ3n) is 4.58. The second kappa shape index (κ2) is 8.05. The summed E-state index contributed by atoms with van der Waals surface area (Å²) in [7, 11) is 1.61. The standard InChI is InChI=1S/C18H26N2O/c1-14-3-5-15(6-4-14)9-10-20-13-16-7-8-17(12-19)18(11-16)21-2/h7-8,11,14-15,20H,3-6,9-10,13H2,1-2H3. The topological polar surface area (TPSA) is 45.0 Å². The lowest BCUT2D eigenvalue weighted by Gasteiger charge is -2.26. The number of hydrogen-bond donors (Lipinski definition) is 1. The van der Waals surface area contributed by atoms with Crippen LogP contribution >= 0.6 is 0 Å². The molecule has 1 saturated carbocycles. The van der Waals surface area contributed by atoms with E-state index in [9.17, 15) is 0 Å². The van der Waals surface area contributed by atoms with Crippen LogP contribution in [0.2, 0.25) is 0 Å². The van der Waals surface area contributed by atoms with Crippen molar-refractivity contribution in [1.82, 2.24) is 5.32 Å². The molecular formula is C18H26N2O. The smallest absolute Gasteiger partial charge is 0.136 e. The minimum absolute atomic E-state index is 0.595. The Morgan fingerprint density at radius 2 is 2.05 bits per heavy atom. The Labute approximate surface area is 128 Å². The second-order valence-electron chi connectivity index (χ2n) is 6.24. The van der Waals surface area contributed by atoms with E-state index in [2.05, 4.69) is 18.3 Å². The highest BCUT2D eigenvalue weighted by atomic mass is 16.5. The van der Waals surface area contributed by atoms with Gasteiger partial charge in [0, 0.05) is 6.54 Å². The summed E-state index contributed by atoms with van der Waals surface area (Å²) < 4.78 is 5.24. The van der Waals surface area contributed by atoms with Crippen LogP contribution in [0.15, 0.2) is 18.2 Å². The Morgan fingerprint density at radius 1 is 1.29 bits per heavy atom. The van der Waals surface area contributed by atoms with Gasteiger partial charge in [0.05, 0.1) is 12.7 Å². The van der Waals surface area contributed by atoms with Gasteiger partial charge in [-0.3, -0.25) is 0 Å². The molecule has 0 spiro atoms. The highest BCUT2D eigenvalue weighted by molar-refractivity contribution is 5.45. The first-order valence-electron chi connectivity index (χ1n) is 8.00. The van der Waals surface area contributed by atoms with Crippen LogP contribution in [0.3, 0.4) is 0 Å². The van der Waals surface area contributed by atoms with Crippen molar-refractivity contribution in [3.63, 3.8) is 0 Å². The fourth-order valence-electron chi connectivity index (χ4n) is 3.09. The molecule has 21 heavy (non-hydrogen) atoms. The lowest BCUT2D eigenvalue weighted by molar-refractivity contribution is 0.275. The van der Waals surface area contributed by atoms with Crippen molar-refractivity contribution < 1.29 is 4.74 Å². The van der Waals surface area contributed by atoms with E-state index >= 15 is 0 Å². The monoisotopic (exact) mass is 286 g/mol. The first-order chi connectivity index (χ1) is 10.2. The number of methoxy groups -OCH3 is 1. The molecule has 0 aliphatic heterocycles. The summed E-state index contributed by atoms with van der Waals surface area (Å²) in [4.78, 5) is 0. The molecule has 0 amide bonds. The predicted octanol–water partition coefficient (Wildman–Crippen LogP) is 3.87. The lowest BCUT2D eigenvalue weighted by atomic mass is 9.81. The van der Waals surface area contributed by atoms with Crippen molar-refractivity contribution >= 4 is 0 Å². The molecule has 1 aliphatic carbocycles. The van der Waals surface area contributed by atoms with Gasteiger partial charge in [0.15, 0.2) is 0 Å². The first kappa shape index (κ1) is 15.9. The molecule has 1 N–H and O–H groups in total. The van der Waals surface area contributed by atoms with Gasteiger partial charge in [0.25, 0.3) is 0 Å².